The third-order valence-electron chi connectivity index (χ3n) is 4.48. The van der Waals surface area contributed by atoms with Crippen LogP contribution < -0.4 is 4.74 Å². The van der Waals surface area contributed by atoms with Crippen molar-refractivity contribution in [1.29, 1.82) is 0 Å². The highest BCUT2D eigenvalue weighted by molar-refractivity contribution is 5.64. The van der Waals surface area contributed by atoms with E-state index in [0.29, 0.717) is 18.4 Å². The van der Waals surface area contributed by atoms with Crippen molar-refractivity contribution in [3.05, 3.63) is 83.7 Å². The molecule has 0 amide bonds. The topological polar surface area (TPSA) is 22.1 Å². The summed E-state index contributed by atoms with van der Waals surface area (Å²) in [5, 5.41) is 0. The number of hydrogen-bond acceptors (Lipinski definition) is 2. The standard InChI is InChI=1S/C23H23F2NO/c1-2-3-16-27-21-13-10-19(11-14-21)18-7-4-17(5-8-18)6-9-20-12-15-22(24)26-23(20)25/h4-5,7-8,10-15H,2-3,6,9,16H2,1H3. The second kappa shape index (κ2) is 9.26. The lowest BCUT2D eigenvalue weighted by molar-refractivity contribution is 0.309. The Morgan fingerprint density at radius 2 is 1.48 bits per heavy atom. The van der Waals surface area contributed by atoms with Gasteiger partial charge in [0.25, 0.3) is 0 Å². The number of rotatable bonds is 8. The van der Waals surface area contributed by atoms with Crippen LogP contribution in [-0.2, 0) is 12.8 Å². The summed E-state index contributed by atoms with van der Waals surface area (Å²) in [6.07, 6.45) is 3.34. The van der Waals surface area contributed by atoms with Gasteiger partial charge in [0.1, 0.15) is 5.75 Å². The van der Waals surface area contributed by atoms with Crippen molar-refractivity contribution < 1.29 is 13.5 Å². The van der Waals surface area contributed by atoms with Crippen LogP contribution in [0.2, 0.25) is 0 Å². The van der Waals surface area contributed by atoms with Crippen LogP contribution in [0.1, 0.15) is 30.9 Å². The van der Waals surface area contributed by atoms with E-state index in [4.69, 9.17) is 4.74 Å². The van der Waals surface area contributed by atoms with E-state index in [0.717, 1.165) is 41.9 Å². The maximum absolute atomic E-state index is 13.6. The van der Waals surface area contributed by atoms with Gasteiger partial charge in [0, 0.05) is 5.56 Å². The molecule has 0 atom stereocenters. The molecule has 0 aliphatic rings. The first-order valence-corrected chi connectivity index (χ1v) is 9.29. The summed E-state index contributed by atoms with van der Waals surface area (Å²) in [6, 6.07) is 18.9. The molecular weight excluding hydrogens is 344 g/mol. The maximum Gasteiger partial charge on any atom is 0.218 e. The quantitative estimate of drug-likeness (QED) is 0.360. The van der Waals surface area contributed by atoms with Gasteiger partial charge < -0.3 is 4.74 Å². The fourth-order valence-electron chi connectivity index (χ4n) is 2.85. The minimum absolute atomic E-state index is 0.430. The van der Waals surface area contributed by atoms with E-state index in [1.54, 1.807) is 0 Å². The fraction of sp³-hybridized carbons (Fsp3) is 0.261. The number of halogens is 2. The molecule has 1 aromatic heterocycles. The van der Waals surface area contributed by atoms with Crippen molar-refractivity contribution in [3.8, 4) is 16.9 Å². The average molecular weight is 367 g/mol. The summed E-state index contributed by atoms with van der Waals surface area (Å²) in [5.41, 5.74) is 3.77. The molecule has 0 spiro atoms. The van der Waals surface area contributed by atoms with Gasteiger partial charge in [-0.05, 0) is 60.2 Å². The third kappa shape index (κ3) is 5.36. The van der Waals surface area contributed by atoms with Crippen LogP contribution in [-0.4, -0.2) is 11.6 Å². The first-order chi connectivity index (χ1) is 13.2. The van der Waals surface area contributed by atoms with E-state index < -0.39 is 11.9 Å². The molecule has 1 heterocycles. The smallest absolute Gasteiger partial charge is 0.218 e. The zero-order chi connectivity index (χ0) is 19.1. The second-order valence-corrected chi connectivity index (χ2v) is 6.51. The van der Waals surface area contributed by atoms with E-state index in [2.05, 4.69) is 36.2 Å². The first kappa shape index (κ1) is 19.0. The lowest BCUT2D eigenvalue weighted by atomic mass is 10.0. The minimum atomic E-state index is -0.789. The van der Waals surface area contributed by atoms with E-state index in [9.17, 15) is 8.78 Å². The van der Waals surface area contributed by atoms with Crippen LogP contribution in [0.25, 0.3) is 11.1 Å². The number of benzene rings is 2. The monoisotopic (exact) mass is 367 g/mol. The Hall–Kier alpha value is -2.75. The highest BCUT2D eigenvalue weighted by Crippen LogP contribution is 2.23. The van der Waals surface area contributed by atoms with Crippen molar-refractivity contribution in [2.45, 2.75) is 32.6 Å². The fourth-order valence-corrected chi connectivity index (χ4v) is 2.85. The predicted octanol–water partition coefficient (Wildman–Crippen LogP) is 5.99. The molecule has 2 nitrogen and oxygen atoms in total. The highest BCUT2D eigenvalue weighted by Gasteiger charge is 2.06. The third-order valence-corrected chi connectivity index (χ3v) is 4.48. The Balaban J connectivity index is 1.59. The lowest BCUT2D eigenvalue weighted by Gasteiger charge is -2.08. The molecule has 0 radical (unpaired) electrons. The normalized spacial score (nSPS) is 10.8. The summed E-state index contributed by atoms with van der Waals surface area (Å²) in [5.74, 6) is -0.631. The Labute approximate surface area is 158 Å². The van der Waals surface area contributed by atoms with Crippen LogP contribution in [0, 0.1) is 11.9 Å². The van der Waals surface area contributed by atoms with Gasteiger partial charge >= 0.3 is 0 Å². The van der Waals surface area contributed by atoms with Gasteiger partial charge in [-0.25, -0.2) is 0 Å². The summed E-state index contributed by atoms with van der Waals surface area (Å²) in [4.78, 5) is 3.23. The number of aryl methyl sites for hydroxylation is 2. The predicted molar refractivity (Wildman–Crippen MR) is 104 cm³/mol. The second-order valence-electron chi connectivity index (χ2n) is 6.51. The number of hydrogen-bond donors (Lipinski definition) is 0. The Kier molecular flexibility index (Phi) is 6.53. The van der Waals surface area contributed by atoms with Crippen molar-refractivity contribution in [1.82, 2.24) is 4.98 Å². The SMILES string of the molecule is CCCCOc1ccc(-c2ccc(CCc3ccc(F)nc3F)cc2)cc1. The van der Waals surface area contributed by atoms with Crippen molar-refractivity contribution in [2.24, 2.45) is 0 Å². The molecule has 140 valence electrons. The molecule has 2 aromatic carbocycles. The zero-order valence-electron chi connectivity index (χ0n) is 15.4. The number of pyridine rings is 1. The maximum atomic E-state index is 13.6. The molecular formula is C23H23F2NO. The molecule has 0 aliphatic heterocycles. The van der Waals surface area contributed by atoms with Crippen molar-refractivity contribution >= 4 is 0 Å². The molecule has 3 rings (SSSR count). The molecule has 0 unspecified atom stereocenters. The number of ether oxygens (including phenoxy) is 1. The van der Waals surface area contributed by atoms with Crippen LogP contribution >= 0.6 is 0 Å². The van der Waals surface area contributed by atoms with Gasteiger partial charge in [-0.2, -0.15) is 13.8 Å². The largest absolute Gasteiger partial charge is 0.494 e. The van der Waals surface area contributed by atoms with Crippen LogP contribution in [0.3, 0.4) is 0 Å². The summed E-state index contributed by atoms with van der Waals surface area (Å²) in [7, 11) is 0. The molecule has 0 aliphatic carbocycles. The number of nitrogens with zero attached hydrogens (tertiary/aromatic N) is 1. The highest BCUT2D eigenvalue weighted by atomic mass is 19.1. The molecule has 27 heavy (non-hydrogen) atoms. The van der Waals surface area contributed by atoms with E-state index in [1.165, 1.54) is 12.1 Å². The lowest BCUT2D eigenvalue weighted by Crippen LogP contribution is -1.99. The summed E-state index contributed by atoms with van der Waals surface area (Å²) in [6.45, 7) is 2.89. The average Bonchev–Trinajstić information content (AvgIpc) is 2.69. The van der Waals surface area contributed by atoms with Gasteiger partial charge in [0.15, 0.2) is 0 Å². The van der Waals surface area contributed by atoms with Crippen LogP contribution in [0.4, 0.5) is 8.78 Å². The van der Waals surface area contributed by atoms with E-state index in [1.807, 2.05) is 24.3 Å². The van der Waals surface area contributed by atoms with Gasteiger partial charge in [0.2, 0.25) is 11.9 Å². The van der Waals surface area contributed by atoms with Crippen LogP contribution in [0.15, 0.2) is 60.7 Å². The molecule has 0 saturated heterocycles. The van der Waals surface area contributed by atoms with Gasteiger partial charge in [0.05, 0.1) is 6.61 Å². The zero-order valence-corrected chi connectivity index (χ0v) is 15.4. The number of aromatic nitrogens is 1. The molecule has 0 N–H and O–H groups in total. The molecule has 3 aromatic rings. The minimum Gasteiger partial charge on any atom is -0.494 e. The molecule has 4 heteroatoms. The Morgan fingerprint density at radius 1 is 0.815 bits per heavy atom. The van der Waals surface area contributed by atoms with Gasteiger partial charge in [-0.15, -0.1) is 0 Å². The Bertz CT molecular complexity index is 861. The van der Waals surface area contributed by atoms with Crippen LogP contribution in [0.5, 0.6) is 5.75 Å². The van der Waals surface area contributed by atoms with Gasteiger partial charge in [-0.3, -0.25) is 0 Å². The van der Waals surface area contributed by atoms with E-state index in [-0.39, 0.29) is 0 Å². The summed E-state index contributed by atoms with van der Waals surface area (Å²) < 4.78 is 32.2. The van der Waals surface area contributed by atoms with Crippen molar-refractivity contribution in [2.75, 3.05) is 6.61 Å². The first-order valence-electron chi connectivity index (χ1n) is 9.29. The molecule has 0 bridgehead atoms. The molecule has 0 saturated carbocycles. The van der Waals surface area contributed by atoms with E-state index >= 15 is 0 Å². The Morgan fingerprint density at radius 3 is 2.11 bits per heavy atom. The van der Waals surface area contributed by atoms with Gasteiger partial charge in [-0.1, -0.05) is 49.7 Å². The molecule has 0 fully saturated rings. The summed E-state index contributed by atoms with van der Waals surface area (Å²) >= 11 is 0. The van der Waals surface area contributed by atoms with Crippen molar-refractivity contribution in [3.63, 3.8) is 0 Å². The number of unbranched alkanes of at least 4 members (excludes halogenated alkanes) is 1.